The Bertz CT molecular complexity index is 626. The van der Waals surface area contributed by atoms with Crippen LogP contribution in [0.5, 0.6) is 5.75 Å². The van der Waals surface area contributed by atoms with Gasteiger partial charge in [0.2, 0.25) is 0 Å². The van der Waals surface area contributed by atoms with Gasteiger partial charge in [-0.05, 0) is 43.5 Å². The molecule has 0 saturated heterocycles. The third kappa shape index (κ3) is 3.39. The van der Waals surface area contributed by atoms with Gasteiger partial charge in [-0.1, -0.05) is 6.92 Å². The Morgan fingerprint density at radius 3 is 2.57 bits per heavy atom. The predicted molar refractivity (Wildman–Crippen MR) is 77.5 cm³/mol. The number of carboxylic acids is 1. The Labute approximate surface area is 123 Å². The Balaban J connectivity index is 2.16. The van der Waals surface area contributed by atoms with E-state index in [-0.39, 0.29) is 5.56 Å². The van der Waals surface area contributed by atoms with Crippen molar-refractivity contribution in [1.82, 2.24) is 14.8 Å². The molecule has 2 rings (SSSR count). The van der Waals surface area contributed by atoms with Crippen LogP contribution in [0.2, 0.25) is 0 Å². The Hall–Kier alpha value is -2.37. The lowest BCUT2D eigenvalue weighted by Gasteiger charge is -2.13. The van der Waals surface area contributed by atoms with E-state index >= 15 is 0 Å². The molecule has 0 amide bonds. The fourth-order valence-electron chi connectivity index (χ4n) is 2.24. The zero-order valence-electron chi connectivity index (χ0n) is 12.5. The molecule has 0 spiro atoms. The second-order valence-corrected chi connectivity index (χ2v) is 4.93. The van der Waals surface area contributed by atoms with Crippen molar-refractivity contribution in [3.63, 3.8) is 0 Å². The van der Waals surface area contributed by atoms with E-state index < -0.39 is 5.97 Å². The van der Waals surface area contributed by atoms with Crippen LogP contribution < -0.4 is 4.74 Å². The van der Waals surface area contributed by atoms with Crippen molar-refractivity contribution in [2.45, 2.75) is 40.3 Å². The summed E-state index contributed by atoms with van der Waals surface area (Å²) in [6.07, 6.45) is 2.49. The van der Waals surface area contributed by atoms with Crippen LogP contribution in [0.15, 0.2) is 18.5 Å². The summed E-state index contributed by atoms with van der Waals surface area (Å²) in [6, 6.07) is 3.23. The summed E-state index contributed by atoms with van der Waals surface area (Å²) in [7, 11) is 0. The van der Waals surface area contributed by atoms with Gasteiger partial charge < -0.3 is 9.84 Å². The summed E-state index contributed by atoms with van der Waals surface area (Å²) in [6.45, 7) is 6.87. The lowest BCUT2D eigenvalue weighted by molar-refractivity contribution is 0.0696. The number of carboxylic acid groups (broad SMARTS) is 1. The average molecular weight is 289 g/mol. The second kappa shape index (κ2) is 6.39. The number of hydrogen-bond donors (Lipinski definition) is 1. The number of rotatable bonds is 6. The molecule has 0 unspecified atom stereocenters. The first-order valence-corrected chi connectivity index (χ1v) is 6.87. The molecule has 1 heterocycles. The van der Waals surface area contributed by atoms with Gasteiger partial charge in [-0.2, -0.15) is 5.10 Å². The molecule has 2 aromatic rings. The Morgan fingerprint density at radius 2 is 2.00 bits per heavy atom. The fraction of sp³-hybridized carbons (Fsp3) is 0.400. The molecule has 1 aromatic carbocycles. The zero-order chi connectivity index (χ0) is 15.4. The third-order valence-electron chi connectivity index (χ3n) is 3.18. The average Bonchev–Trinajstić information content (AvgIpc) is 2.85. The SMILES string of the molecule is CCCn1ncnc1COc1c(C)cc(C(=O)O)cc1C. The van der Waals surface area contributed by atoms with Crippen molar-refractivity contribution in [3.8, 4) is 5.75 Å². The van der Waals surface area contributed by atoms with Gasteiger partial charge in [0.25, 0.3) is 0 Å². The first-order valence-electron chi connectivity index (χ1n) is 6.87. The first-order chi connectivity index (χ1) is 10.0. The van der Waals surface area contributed by atoms with Crippen LogP contribution in [0.25, 0.3) is 0 Å². The second-order valence-electron chi connectivity index (χ2n) is 4.93. The van der Waals surface area contributed by atoms with Crippen LogP contribution in [0.4, 0.5) is 0 Å². The van der Waals surface area contributed by atoms with Crippen molar-refractivity contribution in [3.05, 3.63) is 41.0 Å². The quantitative estimate of drug-likeness (QED) is 0.884. The van der Waals surface area contributed by atoms with Crippen molar-refractivity contribution >= 4 is 5.97 Å². The maximum Gasteiger partial charge on any atom is 0.335 e. The largest absolute Gasteiger partial charge is 0.485 e. The molecule has 1 N–H and O–H groups in total. The highest BCUT2D eigenvalue weighted by molar-refractivity contribution is 5.88. The molecule has 0 aliphatic carbocycles. The maximum absolute atomic E-state index is 11.0. The highest BCUT2D eigenvalue weighted by Crippen LogP contribution is 2.25. The monoisotopic (exact) mass is 289 g/mol. The van der Waals surface area contributed by atoms with Crippen LogP contribution >= 0.6 is 0 Å². The minimum absolute atomic E-state index is 0.270. The van der Waals surface area contributed by atoms with Crippen molar-refractivity contribution in [2.24, 2.45) is 0 Å². The summed E-state index contributed by atoms with van der Waals surface area (Å²) in [5.74, 6) is 0.527. The molecule has 0 saturated carbocycles. The number of aryl methyl sites for hydroxylation is 3. The first kappa shape index (κ1) is 15.0. The van der Waals surface area contributed by atoms with E-state index in [1.165, 1.54) is 6.33 Å². The Kier molecular flexibility index (Phi) is 4.57. The molecular formula is C15H19N3O3. The van der Waals surface area contributed by atoms with E-state index in [1.54, 1.807) is 12.1 Å². The standard InChI is InChI=1S/C15H19N3O3/c1-4-5-18-13(16-9-17-18)8-21-14-10(2)6-12(15(19)20)7-11(14)3/h6-7,9H,4-5,8H2,1-3H3,(H,19,20). The molecule has 112 valence electrons. The number of benzene rings is 1. The molecule has 6 nitrogen and oxygen atoms in total. The smallest absolute Gasteiger partial charge is 0.335 e. The van der Waals surface area contributed by atoms with Crippen LogP contribution in [0.3, 0.4) is 0 Å². The van der Waals surface area contributed by atoms with E-state index in [0.29, 0.717) is 12.4 Å². The van der Waals surface area contributed by atoms with E-state index in [0.717, 1.165) is 29.9 Å². The van der Waals surface area contributed by atoms with E-state index in [2.05, 4.69) is 17.0 Å². The highest BCUT2D eigenvalue weighted by Gasteiger charge is 2.12. The minimum Gasteiger partial charge on any atom is -0.485 e. The molecular weight excluding hydrogens is 270 g/mol. The van der Waals surface area contributed by atoms with Gasteiger partial charge in [-0.3, -0.25) is 0 Å². The summed E-state index contributed by atoms with van der Waals surface area (Å²) < 4.78 is 7.63. The van der Waals surface area contributed by atoms with Gasteiger partial charge >= 0.3 is 5.97 Å². The van der Waals surface area contributed by atoms with Crippen LogP contribution in [0, 0.1) is 13.8 Å². The van der Waals surface area contributed by atoms with E-state index in [9.17, 15) is 4.79 Å². The molecule has 6 heteroatoms. The van der Waals surface area contributed by atoms with Crippen LogP contribution in [-0.2, 0) is 13.2 Å². The van der Waals surface area contributed by atoms with Gasteiger partial charge in [0.15, 0.2) is 5.82 Å². The number of hydrogen-bond acceptors (Lipinski definition) is 4. The van der Waals surface area contributed by atoms with Crippen molar-refractivity contribution < 1.29 is 14.6 Å². The summed E-state index contributed by atoms with van der Waals surface area (Å²) >= 11 is 0. The van der Waals surface area contributed by atoms with Crippen molar-refractivity contribution in [2.75, 3.05) is 0 Å². The Morgan fingerprint density at radius 1 is 1.33 bits per heavy atom. The van der Waals surface area contributed by atoms with Gasteiger partial charge in [-0.15, -0.1) is 0 Å². The van der Waals surface area contributed by atoms with Gasteiger partial charge in [0.05, 0.1) is 5.56 Å². The zero-order valence-corrected chi connectivity index (χ0v) is 12.5. The summed E-state index contributed by atoms with van der Waals surface area (Å²) in [5.41, 5.74) is 1.87. The van der Waals surface area contributed by atoms with Gasteiger partial charge in [0.1, 0.15) is 18.7 Å². The number of aromatic carboxylic acids is 1. The van der Waals surface area contributed by atoms with Crippen molar-refractivity contribution in [1.29, 1.82) is 0 Å². The van der Waals surface area contributed by atoms with Crippen LogP contribution in [-0.4, -0.2) is 25.8 Å². The van der Waals surface area contributed by atoms with Gasteiger partial charge in [-0.25, -0.2) is 14.5 Å². The normalized spacial score (nSPS) is 10.6. The predicted octanol–water partition coefficient (Wildman–Crippen LogP) is 2.58. The van der Waals surface area contributed by atoms with E-state index in [1.807, 2.05) is 18.5 Å². The molecule has 1 aromatic heterocycles. The van der Waals surface area contributed by atoms with E-state index in [4.69, 9.17) is 9.84 Å². The van der Waals surface area contributed by atoms with Gasteiger partial charge in [0, 0.05) is 6.54 Å². The fourth-order valence-corrected chi connectivity index (χ4v) is 2.24. The number of aromatic nitrogens is 3. The number of carbonyl (C=O) groups is 1. The summed E-state index contributed by atoms with van der Waals surface area (Å²) in [4.78, 5) is 15.2. The molecule has 0 radical (unpaired) electrons. The minimum atomic E-state index is -0.935. The maximum atomic E-state index is 11.0. The number of ether oxygens (including phenoxy) is 1. The van der Waals surface area contributed by atoms with Crippen LogP contribution in [0.1, 0.15) is 40.7 Å². The molecule has 0 fully saturated rings. The molecule has 0 aliphatic heterocycles. The molecule has 0 atom stereocenters. The topological polar surface area (TPSA) is 77.2 Å². The molecule has 0 bridgehead atoms. The lowest BCUT2D eigenvalue weighted by Crippen LogP contribution is -2.09. The summed E-state index contributed by atoms with van der Waals surface area (Å²) in [5, 5.41) is 13.2. The molecule has 21 heavy (non-hydrogen) atoms. The molecule has 0 aliphatic rings. The number of nitrogens with zero attached hydrogens (tertiary/aromatic N) is 3. The lowest BCUT2D eigenvalue weighted by atomic mass is 10.1. The third-order valence-corrected chi connectivity index (χ3v) is 3.18. The highest BCUT2D eigenvalue weighted by atomic mass is 16.5.